The van der Waals surface area contributed by atoms with Gasteiger partial charge in [-0.3, -0.25) is 0 Å². The van der Waals surface area contributed by atoms with Gasteiger partial charge >= 0.3 is 5.97 Å². The van der Waals surface area contributed by atoms with Gasteiger partial charge in [0.1, 0.15) is 5.82 Å². The van der Waals surface area contributed by atoms with Gasteiger partial charge < -0.3 is 4.74 Å². The summed E-state index contributed by atoms with van der Waals surface area (Å²) >= 11 is 3.31. The fourth-order valence-electron chi connectivity index (χ4n) is 1.97. The van der Waals surface area contributed by atoms with Gasteiger partial charge in [-0.05, 0) is 22.8 Å². The van der Waals surface area contributed by atoms with Crippen LogP contribution in [0.1, 0.15) is 15.9 Å². The van der Waals surface area contributed by atoms with E-state index in [1.807, 2.05) is 30.3 Å². The topological polar surface area (TPSA) is 26.3 Å². The fourth-order valence-corrected chi connectivity index (χ4v) is 2.55. The number of esters is 1. The van der Waals surface area contributed by atoms with E-state index in [0.717, 1.165) is 11.1 Å². The second-order valence-corrected chi connectivity index (χ2v) is 4.50. The third-order valence-electron chi connectivity index (χ3n) is 2.87. The molecule has 0 atom stereocenters. The van der Waals surface area contributed by atoms with Gasteiger partial charge in [0.25, 0.3) is 0 Å². The number of alkyl halides is 1. The van der Waals surface area contributed by atoms with E-state index >= 15 is 0 Å². The van der Waals surface area contributed by atoms with Crippen LogP contribution in [-0.2, 0) is 10.1 Å². The number of carbonyl (C=O) groups excluding carboxylic acids is 1. The molecule has 2 rings (SSSR count). The van der Waals surface area contributed by atoms with Crippen molar-refractivity contribution in [1.29, 1.82) is 0 Å². The summed E-state index contributed by atoms with van der Waals surface area (Å²) in [5.74, 6) is -1.23. The van der Waals surface area contributed by atoms with E-state index in [1.165, 1.54) is 13.2 Å². The molecule has 2 nitrogen and oxygen atoms in total. The van der Waals surface area contributed by atoms with Crippen molar-refractivity contribution in [3.63, 3.8) is 0 Å². The molecule has 0 radical (unpaired) electrons. The molecule has 0 N–H and O–H groups in total. The molecule has 0 saturated heterocycles. The number of methoxy groups -OCH3 is 1. The lowest BCUT2D eigenvalue weighted by Gasteiger charge is -2.12. The zero-order chi connectivity index (χ0) is 13.8. The van der Waals surface area contributed by atoms with E-state index in [9.17, 15) is 9.18 Å². The molecular formula is C15H12BrFO2. The highest BCUT2D eigenvalue weighted by Gasteiger charge is 2.20. The molecule has 4 heteroatoms. The Kier molecular flexibility index (Phi) is 4.32. The Bertz CT molecular complexity index is 597. The van der Waals surface area contributed by atoms with Gasteiger partial charge in [-0.25, -0.2) is 9.18 Å². The highest BCUT2D eigenvalue weighted by Crippen LogP contribution is 2.30. The average Bonchev–Trinajstić information content (AvgIpc) is 2.46. The van der Waals surface area contributed by atoms with Crippen LogP contribution in [0.5, 0.6) is 0 Å². The predicted octanol–water partition coefficient (Wildman–Crippen LogP) is 4.17. The summed E-state index contributed by atoms with van der Waals surface area (Å²) in [4.78, 5) is 11.7. The molecule has 0 aliphatic carbocycles. The molecule has 2 aromatic carbocycles. The maximum atomic E-state index is 13.8. The summed E-state index contributed by atoms with van der Waals surface area (Å²) in [5.41, 5.74) is 2.33. The Morgan fingerprint density at radius 1 is 1.21 bits per heavy atom. The quantitative estimate of drug-likeness (QED) is 0.626. The lowest BCUT2D eigenvalue weighted by molar-refractivity contribution is 0.0594. The Hall–Kier alpha value is -1.68. The van der Waals surface area contributed by atoms with Crippen molar-refractivity contribution in [2.24, 2.45) is 0 Å². The number of carbonyl (C=O) groups is 1. The molecule has 0 fully saturated rings. The molecular weight excluding hydrogens is 311 g/mol. The van der Waals surface area contributed by atoms with Crippen LogP contribution in [0.15, 0.2) is 42.5 Å². The summed E-state index contributed by atoms with van der Waals surface area (Å²) in [7, 11) is 1.25. The van der Waals surface area contributed by atoms with Gasteiger partial charge in [0, 0.05) is 5.33 Å². The summed E-state index contributed by atoms with van der Waals surface area (Å²) in [6.07, 6.45) is 0. The first kappa shape index (κ1) is 13.7. The maximum Gasteiger partial charge on any atom is 0.341 e. The molecule has 0 unspecified atom stereocenters. The largest absolute Gasteiger partial charge is 0.465 e. The van der Waals surface area contributed by atoms with Crippen molar-refractivity contribution in [2.75, 3.05) is 7.11 Å². The number of ether oxygens (including phenoxy) is 1. The maximum absolute atomic E-state index is 13.8. The van der Waals surface area contributed by atoms with Crippen LogP contribution < -0.4 is 0 Å². The van der Waals surface area contributed by atoms with Crippen molar-refractivity contribution in [3.05, 3.63) is 59.4 Å². The van der Waals surface area contributed by atoms with Crippen LogP contribution in [0.25, 0.3) is 11.1 Å². The van der Waals surface area contributed by atoms with Crippen molar-refractivity contribution in [1.82, 2.24) is 0 Å². The van der Waals surface area contributed by atoms with E-state index in [4.69, 9.17) is 0 Å². The Labute approximate surface area is 119 Å². The molecule has 0 bridgehead atoms. The molecule has 0 spiro atoms. The van der Waals surface area contributed by atoms with Crippen LogP contribution >= 0.6 is 15.9 Å². The average molecular weight is 323 g/mol. The van der Waals surface area contributed by atoms with Crippen molar-refractivity contribution >= 4 is 21.9 Å². The molecule has 0 aliphatic heterocycles. The summed E-state index contributed by atoms with van der Waals surface area (Å²) in [5, 5.41) is 0.374. The van der Waals surface area contributed by atoms with Crippen molar-refractivity contribution in [3.8, 4) is 11.1 Å². The third-order valence-corrected chi connectivity index (χ3v) is 3.43. The van der Waals surface area contributed by atoms with Crippen molar-refractivity contribution < 1.29 is 13.9 Å². The number of hydrogen-bond donors (Lipinski definition) is 0. The second-order valence-electron chi connectivity index (χ2n) is 3.94. The SMILES string of the molecule is COC(=O)c1c(F)ccc(-c2ccccc2)c1CBr. The van der Waals surface area contributed by atoms with Gasteiger partial charge in [-0.15, -0.1) is 0 Å². The Morgan fingerprint density at radius 2 is 1.89 bits per heavy atom. The smallest absolute Gasteiger partial charge is 0.341 e. The molecule has 0 aromatic heterocycles. The lowest BCUT2D eigenvalue weighted by Crippen LogP contribution is -2.09. The molecule has 0 aliphatic rings. The highest BCUT2D eigenvalue weighted by atomic mass is 79.9. The molecule has 19 heavy (non-hydrogen) atoms. The number of halogens is 2. The normalized spacial score (nSPS) is 10.3. The first-order chi connectivity index (χ1) is 9.19. The van der Waals surface area contributed by atoms with E-state index < -0.39 is 11.8 Å². The minimum Gasteiger partial charge on any atom is -0.465 e. The Balaban J connectivity index is 2.67. The fraction of sp³-hybridized carbons (Fsp3) is 0.133. The zero-order valence-corrected chi connectivity index (χ0v) is 11.9. The van der Waals surface area contributed by atoms with E-state index in [-0.39, 0.29) is 5.56 Å². The van der Waals surface area contributed by atoms with E-state index in [2.05, 4.69) is 20.7 Å². The minimum absolute atomic E-state index is 0.0132. The number of hydrogen-bond acceptors (Lipinski definition) is 2. The Morgan fingerprint density at radius 3 is 2.47 bits per heavy atom. The predicted molar refractivity (Wildman–Crippen MR) is 75.8 cm³/mol. The second kappa shape index (κ2) is 5.97. The van der Waals surface area contributed by atoms with Gasteiger partial charge in [0.05, 0.1) is 12.7 Å². The first-order valence-corrected chi connectivity index (χ1v) is 6.82. The number of benzene rings is 2. The lowest BCUT2D eigenvalue weighted by atomic mass is 9.96. The van der Waals surface area contributed by atoms with Crippen LogP contribution in [-0.4, -0.2) is 13.1 Å². The molecule has 0 amide bonds. The first-order valence-electron chi connectivity index (χ1n) is 5.70. The summed E-state index contributed by atoms with van der Waals surface area (Å²) in [6, 6.07) is 12.5. The monoisotopic (exact) mass is 322 g/mol. The van der Waals surface area contributed by atoms with Gasteiger partial charge in [0.15, 0.2) is 0 Å². The summed E-state index contributed by atoms with van der Waals surface area (Å²) < 4.78 is 18.5. The van der Waals surface area contributed by atoms with Gasteiger partial charge in [0.2, 0.25) is 0 Å². The van der Waals surface area contributed by atoms with Crippen LogP contribution in [0.2, 0.25) is 0 Å². The molecule has 0 saturated carbocycles. The minimum atomic E-state index is -0.662. The van der Waals surface area contributed by atoms with E-state index in [1.54, 1.807) is 6.07 Å². The zero-order valence-electron chi connectivity index (χ0n) is 10.3. The van der Waals surface area contributed by atoms with Crippen LogP contribution in [0.4, 0.5) is 4.39 Å². The van der Waals surface area contributed by atoms with E-state index in [0.29, 0.717) is 10.9 Å². The number of rotatable bonds is 3. The van der Waals surface area contributed by atoms with Gasteiger partial charge in [-0.2, -0.15) is 0 Å². The molecule has 98 valence electrons. The standard InChI is InChI=1S/C15H12BrFO2/c1-19-15(18)14-12(9-16)11(7-8-13(14)17)10-5-3-2-4-6-10/h2-8H,9H2,1H3. The highest BCUT2D eigenvalue weighted by molar-refractivity contribution is 9.08. The third kappa shape index (κ3) is 2.68. The van der Waals surface area contributed by atoms with Gasteiger partial charge in [-0.1, -0.05) is 52.3 Å². The van der Waals surface area contributed by atoms with Crippen LogP contribution in [0.3, 0.4) is 0 Å². The van der Waals surface area contributed by atoms with Crippen molar-refractivity contribution in [2.45, 2.75) is 5.33 Å². The summed E-state index contributed by atoms with van der Waals surface area (Å²) in [6.45, 7) is 0. The van der Waals surface area contributed by atoms with Crippen LogP contribution in [0, 0.1) is 5.82 Å². The molecule has 0 heterocycles. The molecule has 2 aromatic rings.